The summed E-state index contributed by atoms with van der Waals surface area (Å²) in [5.74, 6) is -0.0114. The second-order valence-corrected chi connectivity index (χ2v) is 8.26. The van der Waals surface area contributed by atoms with Gasteiger partial charge in [0, 0.05) is 11.1 Å². The zero-order chi connectivity index (χ0) is 23.8. The lowest BCUT2D eigenvalue weighted by Crippen LogP contribution is -2.58. The minimum absolute atomic E-state index is 0.0114. The van der Waals surface area contributed by atoms with Gasteiger partial charge in [-0.1, -0.05) is 72.8 Å². The zero-order valence-electron chi connectivity index (χ0n) is 19.4. The highest BCUT2D eigenvalue weighted by Crippen LogP contribution is 2.13. The fraction of sp³-hybridized carbons (Fsp3) is 0.346. The van der Waals surface area contributed by atoms with E-state index >= 15 is 0 Å². The van der Waals surface area contributed by atoms with E-state index in [9.17, 15) is 4.79 Å². The van der Waals surface area contributed by atoms with Crippen LogP contribution in [0.3, 0.4) is 0 Å². The number of hydrogen-bond acceptors (Lipinski definition) is 5. The number of benzene rings is 2. The number of rotatable bonds is 7. The lowest BCUT2D eigenvalue weighted by molar-refractivity contribution is -0.110. The van der Waals surface area contributed by atoms with Gasteiger partial charge in [-0.3, -0.25) is 4.79 Å². The molecule has 0 aliphatic heterocycles. The molecule has 31 heavy (non-hydrogen) atoms. The van der Waals surface area contributed by atoms with Crippen LogP contribution in [0, 0.1) is 0 Å². The molecular formula is C26H40N4O. The molecule has 0 unspecified atom stereocenters. The summed E-state index contributed by atoms with van der Waals surface area (Å²) < 4.78 is 0. The van der Waals surface area contributed by atoms with Crippen molar-refractivity contribution in [2.75, 3.05) is 13.1 Å². The van der Waals surface area contributed by atoms with E-state index in [-0.39, 0.29) is 16.9 Å². The largest absolute Gasteiger partial charge is 0.330 e. The zero-order valence-corrected chi connectivity index (χ0v) is 19.4. The molecule has 5 nitrogen and oxygen atoms in total. The monoisotopic (exact) mass is 424 g/mol. The number of carbonyl (C=O) groups excluding carboxylic acids is 1. The summed E-state index contributed by atoms with van der Waals surface area (Å²) in [4.78, 5) is 11.6. The van der Waals surface area contributed by atoms with Crippen LogP contribution in [-0.4, -0.2) is 30.0 Å². The molecule has 0 aliphatic carbocycles. The van der Waals surface area contributed by atoms with Crippen LogP contribution in [0.1, 0.15) is 45.2 Å². The van der Waals surface area contributed by atoms with Crippen LogP contribution in [0.4, 0.5) is 0 Å². The Morgan fingerprint density at radius 2 is 1.03 bits per heavy atom. The molecule has 0 bridgehead atoms. The van der Waals surface area contributed by atoms with Gasteiger partial charge in [-0.25, -0.2) is 0 Å². The van der Waals surface area contributed by atoms with Gasteiger partial charge in [0.1, 0.15) is 0 Å². The molecule has 2 aromatic carbocycles. The number of hydrogen-bond donors (Lipinski definition) is 4. The third-order valence-corrected chi connectivity index (χ3v) is 4.55. The van der Waals surface area contributed by atoms with Crippen LogP contribution < -0.4 is 22.9 Å². The summed E-state index contributed by atoms with van der Waals surface area (Å²) in [6, 6.07) is 19.6. The van der Waals surface area contributed by atoms with Crippen LogP contribution in [-0.2, 0) is 4.79 Å². The first-order valence-electron chi connectivity index (χ1n) is 10.5. The second-order valence-electron chi connectivity index (χ2n) is 8.26. The number of carbonyl (C=O) groups is 1. The average Bonchev–Trinajstić information content (AvgIpc) is 2.72. The highest BCUT2D eigenvalue weighted by Gasteiger charge is 2.28. The molecule has 5 heteroatoms. The van der Waals surface area contributed by atoms with Gasteiger partial charge >= 0.3 is 0 Å². The molecule has 0 aromatic heterocycles. The van der Waals surface area contributed by atoms with Gasteiger partial charge in [-0.05, 0) is 70.5 Å². The Balaban J connectivity index is 0.000000576. The first-order chi connectivity index (χ1) is 14.5. The van der Waals surface area contributed by atoms with E-state index in [2.05, 4.69) is 0 Å². The summed E-state index contributed by atoms with van der Waals surface area (Å²) in [6.45, 7) is 9.13. The van der Waals surface area contributed by atoms with Crippen molar-refractivity contribution in [1.82, 2.24) is 0 Å². The van der Waals surface area contributed by atoms with E-state index in [0.717, 1.165) is 30.6 Å². The fourth-order valence-corrected chi connectivity index (χ4v) is 1.66. The lowest BCUT2D eigenvalue weighted by Gasteiger charge is -2.34. The van der Waals surface area contributed by atoms with E-state index in [0.29, 0.717) is 0 Å². The average molecular weight is 425 g/mol. The van der Waals surface area contributed by atoms with Crippen molar-refractivity contribution in [1.29, 1.82) is 0 Å². The van der Waals surface area contributed by atoms with Gasteiger partial charge in [-0.2, -0.15) is 0 Å². The van der Waals surface area contributed by atoms with Crippen molar-refractivity contribution >= 4 is 17.9 Å². The number of nitrogens with two attached hydrogens (primary N) is 4. The molecule has 0 saturated heterocycles. The molecule has 2 aromatic rings. The first kappa shape index (κ1) is 28.4. The molecule has 0 atom stereocenters. The highest BCUT2D eigenvalue weighted by molar-refractivity contribution is 6.04. The van der Waals surface area contributed by atoms with E-state index in [1.54, 1.807) is 12.2 Å². The van der Waals surface area contributed by atoms with Crippen LogP contribution >= 0.6 is 0 Å². The van der Waals surface area contributed by atoms with Crippen molar-refractivity contribution in [3.63, 3.8) is 0 Å². The topological polar surface area (TPSA) is 121 Å². The standard InChI is InChI=1S/C17H14O.C6H16N2.C3H10N2/c18-17(13-11-15-7-3-1-4-8-15)14-12-16-9-5-2-6-10-16;1-5(2,7)6(3,4)8;4-2-1-3-5/h1-14H;7-8H2,1-4H3;1-5H2/b13-11-,14-12+;;. The number of ketones is 1. The van der Waals surface area contributed by atoms with Gasteiger partial charge in [0.15, 0.2) is 5.78 Å². The molecule has 170 valence electrons. The van der Waals surface area contributed by atoms with Gasteiger partial charge in [0.2, 0.25) is 0 Å². The van der Waals surface area contributed by atoms with Crippen LogP contribution in [0.25, 0.3) is 12.2 Å². The maximum absolute atomic E-state index is 11.6. The van der Waals surface area contributed by atoms with E-state index in [1.807, 2.05) is 101 Å². The van der Waals surface area contributed by atoms with Crippen molar-refractivity contribution < 1.29 is 4.79 Å². The Hall–Kier alpha value is -2.57. The molecule has 0 spiro atoms. The van der Waals surface area contributed by atoms with Gasteiger partial charge < -0.3 is 22.9 Å². The first-order valence-corrected chi connectivity index (χ1v) is 10.5. The van der Waals surface area contributed by atoms with Crippen molar-refractivity contribution in [3.05, 3.63) is 83.9 Å². The molecule has 0 aliphatic rings. The van der Waals surface area contributed by atoms with Crippen LogP contribution in [0.15, 0.2) is 72.8 Å². The third kappa shape index (κ3) is 15.0. The number of allylic oxidation sites excluding steroid dienone is 2. The summed E-state index contributed by atoms with van der Waals surface area (Å²) >= 11 is 0. The fourth-order valence-electron chi connectivity index (χ4n) is 1.66. The maximum atomic E-state index is 11.6. The van der Waals surface area contributed by atoms with Crippen LogP contribution in [0.5, 0.6) is 0 Å². The lowest BCUT2D eigenvalue weighted by atomic mass is 9.85. The predicted octanol–water partition coefficient (Wildman–Crippen LogP) is 3.74. The summed E-state index contributed by atoms with van der Waals surface area (Å²) in [7, 11) is 0. The summed E-state index contributed by atoms with van der Waals surface area (Å²) in [5, 5.41) is 0. The third-order valence-electron chi connectivity index (χ3n) is 4.55. The predicted molar refractivity (Wildman–Crippen MR) is 135 cm³/mol. The summed E-state index contributed by atoms with van der Waals surface area (Å²) in [5.41, 5.74) is 23.0. The van der Waals surface area contributed by atoms with E-state index in [4.69, 9.17) is 22.9 Å². The van der Waals surface area contributed by atoms with Crippen molar-refractivity contribution in [2.45, 2.75) is 45.2 Å². The van der Waals surface area contributed by atoms with E-state index in [1.165, 1.54) is 0 Å². The quantitative estimate of drug-likeness (QED) is 0.505. The van der Waals surface area contributed by atoms with Gasteiger partial charge in [0.05, 0.1) is 0 Å². The van der Waals surface area contributed by atoms with Crippen molar-refractivity contribution in [3.8, 4) is 0 Å². The Bertz CT molecular complexity index is 705. The minimum Gasteiger partial charge on any atom is -0.330 e. The summed E-state index contributed by atoms with van der Waals surface area (Å²) in [6.07, 6.45) is 7.74. The van der Waals surface area contributed by atoms with Gasteiger partial charge in [-0.15, -0.1) is 0 Å². The highest BCUT2D eigenvalue weighted by atomic mass is 16.1. The molecule has 0 radical (unpaired) electrons. The molecule has 8 N–H and O–H groups in total. The minimum atomic E-state index is -0.285. The van der Waals surface area contributed by atoms with Gasteiger partial charge in [0.25, 0.3) is 0 Å². The molecule has 0 heterocycles. The smallest absolute Gasteiger partial charge is 0.178 e. The van der Waals surface area contributed by atoms with E-state index < -0.39 is 0 Å². The second kappa shape index (κ2) is 15.3. The molecule has 0 amide bonds. The Kier molecular flexibility index (Phi) is 14.0. The van der Waals surface area contributed by atoms with Crippen molar-refractivity contribution in [2.24, 2.45) is 22.9 Å². The van der Waals surface area contributed by atoms with Crippen LogP contribution in [0.2, 0.25) is 0 Å². The Labute approximate surface area is 188 Å². The normalized spacial score (nSPS) is 11.5. The Morgan fingerprint density at radius 1 is 0.710 bits per heavy atom. The maximum Gasteiger partial charge on any atom is 0.178 e. The molecular weight excluding hydrogens is 384 g/mol. The SMILES string of the molecule is CC(C)(N)C(C)(C)N.NCCCN.O=C(/C=C\c1ccccc1)/C=C/c1ccccc1. The molecule has 2 rings (SSSR count). The Morgan fingerprint density at radius 3 is 1.26 bits per heavy atom. The molecule has 0 fully saturated rings. The molecule has 0 saturated carbocycles.